The summed E-state index contributed by atoms with van der Waals surface area (Å²) in [5.41, 5.74) is 1.15. The molecular formula is C12H12N4O2S. The van der Waals surface area contributed by atoms with E-state index in [2.05, 4.69) is 9.82 Å². The largest absolute Gasteiger partial charge is 0.272 e. The molecule has 0 unspecified atom stereocenters. The maximum Gasteiger partial charge on any atom is 0.263 e. The number of sulfonamides is 1. The number of nitriles is 1. The van der Waals surface area contributed by atoms with Crippen molar-refractivity contribution < 1.29 is 8.42 Å². The number of anilines is 1. The molecule has 0 aliphatic heterocycles. The fraction of sp³-hybridized carbons (Fsp3) is 0.167. The molecule has 0 saturated heterocycles. The Kier molecular flexibility index (Phi) is 3.27. The first kappa shape index (κ1) is 13.1. The highest BCUT2D eigenvalue weighted by molar-refractivity contribution is 7.92. The predicted octanol–water partition coefficient (Wildman–Crippen LogP) is 1.40. The van der Waals surface area contributed by atoms with Gasteiger partial charge in [-0.05, 0) is 19.1 Å². The summed E-state index contributed by atoms with van der Waals surface area (Å²) < 4.78 is 27.9. The molecule has 1 heterocycles. The molecule has 0 spiro atoms. The summed E-state index contributed by atoms with van der Waals surface area (Å²) in [4.78, 5) is 0.132. The minimum atomic E-state index is -3.73. The van der Waals surface area contributed by atoms with Gasteiger partial charge in [0.1, 0.15) is 11.6 Å². The average molecular weight is 276 g/mol. The van der Waals surface area contributed by atoms with Gasteiger partial charge in [-0.2, -0.15) is 10.4 Å². The van der Waals surface area contributed by atoms with E-state index in [0.29, 0.717) is 0 Å². The molecule has 98 valence electrons. The van der Waals surface area contributed by atoms with Crippen LogP contribution in [-0.2, 0) is 17.1 Å². The smallest absolute Gasteiger partial charge is 0.263 e. The highest BCUT2D eigenvalue weighted by Crippen LogP contribution is 2.18. The summed E-state index contributed by atoms with van der Waals surface area (Å²) in [7, 11) is -2.11. The number of hydrogen-bond donors (Lipinski definition) is 1. The number of nitrogens with one attached hydrogen (secondary N) is 1. The molecule has 1 aromatic carbocycles. The van der Waals surface area contributed by atoms with E-state index in [1.807, 2.05) is 13.0 Å². The Balaban J connectivity index is 2.36. The molecule has 1 N–H and O–H groups in total. The standard InChI is InChI=1S/C12H12N4O2S/c1-9-3-5-11(6-4-9)19(17,18)15-12-10(7-13)8-16(2)14-12/h3-6,8H,1-2H3,(H,14,15). The van der Waals surface area contributed by atoms with E-state index in [4.69, 9.17) is 5.26 Å². The third-order valence-electron chi connectivity index (χ3n) is 2.51. The number of aromatic nitrogens is 2. The number of aryl methyl sites for hydroxylation is 2. The first-order valence-corrected chi connectivity index (χ1v) is 6.94. The minimum Gasteiger partial charge on any atom is -0.272 e. The minimum absolute atomic E-state index is 0.0329. The normalized spacial score (nSPS) is 11.0. The summed E-state index contributed by atoms with van der Waals surface area (Å²) in [6, 6.07) is 8.32. The first-order valence-electron chi connectivity index (χ1n) is 5.45. The fourth-order valence-electron chi connectivity index (χ4n) is 1.55. The molecule has 0 aliphatic carbocycles. The molecule has 19 heavy (non-hydrogen) atoms. The monoisotopic (exact) mass is 276 g/mol. The van der Waals surface area contributed by atoms with E-state index in [1.165, 1.54) is 23.0 Å². The van der Waals surface area contributed by atoms with Crippen LogP contribution in [0.3, 0.4) is 0 Å². The summed E-state index contributed by atoms with van der Waals surface area (Å²) in [5, 5.41) is 12.8. The lowest BCUT2D eigenvalue weighted by molar-refractivity contribution is 0.601. The highest BCUT2D eigenvalue weighted by atomic mass is 32.2. The number of rotatable bonds is 3. The number of nitrogens with zero attached hydrogens (tertiary/aromatic N) is 3. The zero-order chi connectivity index (χ0) is 14.0. The van der Waals surface area contributed by atoms with Gasteiger partial charge in [0.2, 0.25) is 0 Å². The van der Waals surface area contributed by atoms with Crippen LogP contribution >= 0.6 is 0 Å². The van der Waals surface area contributed by atoms with Gasteiger partial charge >= 0.3 is 0 Å². The lowest BCUT2D eigenvalue weighted by Gasteiger charge is -2.06. The summed E-state index contributed by atoms with van der Waals surface area (Å²) >= 11 is 0. The summed E-state index contributed by atoms with van der Waals surface area (Å²) in [5.74, 6) is 0.0329. The SMILES string of the molecule is Cc1ccc(S(=O)(=O)Nc2nn(C)cc2C#N)cc1. The molecule has 0 fully saturated rings. The quantitative estimate of drug-likeness (QED) is 0.917. The summed E-state index contributed by atoms with van der Waals surface area (Å²) in [6.07, 6.45) is 1.45. The van der Waals surface area contributed by atoms with Crippen LogP contribution in [-0.4, -0.2) is 18.2 Å². The van der Waals surface area contributed by atoms with E-state index < -0.39 is 10.0 Å². The molecule has 1 aromatic heterocycles. The van der Waals surface area contributed by atoms with Crippen LogP contribution in [0.2, 0.25) is 0 Å². The molecule has 2 aromatic rings. The first-order chi connectivity index (χ1) is 8.92. The Morgan fingerprint density at radius 1 is 1.32 bits per heavy atom. The third-order valence-corrected chi connectivity index (χ3v) is 3.87. The zero-order valence-electron chi connectivity index (χ0n) is 10.5. The number of benzene rings is 1. The Morgan fingerprint density at radius 2 is 1.95 bits per heavy atom. The number of hydrogen-bond acceptors (Lipinski definition) is 4. The van der Waals surface area contributed by atoms with Gasteiger partial charge in [0.25, 0.3) is 10.0 Å². The second-order valence-corrected chi connectivity index (χ2v) is 5.78. The van der Waals surface area contributed by atoms with Crippen molar-refractivity contribution in [3.63, 3.8) is 0 Å². The van der Waals surface area contributed by atoms with E-state index in [9.17, 15) is 8.42 Å². The topological polar surface area (TPSA) is 87.8 Å². The molecular weight excluding hydrogens is 264 g/mol. The van der Waals surface area contributed by atoms with Crippen LogP contribution in [0.1, 0.15) is 11.1 Å². The molecule has 0 amide bonds. The van der Waals surface area contributed by atoms with Crippen molar-refractivity contribution in [2.75, 3.05) is 4.72 Å². The van der Waals surface area contributed by atoms with Gasteiger partial charge in [-0.3, -0.25) is 9.40 Å². The summed E-state index contributed by atoms with van der Waals surface area (Å²) in [6.45, 7) is 1.87. The highest BCUT2D eigenvalue weighted by Gasteiger charge is 2.18. The van der Waals surface area contributed by atoms with Crippen LogP contribution in [0, 0.1) is 18.3 Å². The predicted molar refractivity (Wildman–Crippen MR) is 69.9 cm³/mol. The maximum absolute atomic E-state index is 12.1. The van der Waals surface area contributed by atoms with Crippen molar-refractivity contribution in [2.45, 2.75) is 11.8 Å². The van der Waals surface area contributed by atoms with Gasteiger partial charge in [0, 0.05) is 13.2 Å². The van der Waals surface area contributed by atoms with Gasteiger partial charge in [0.15, 0.2) is 5.82 Å². The van der Waals surface area contributed by atoms with Crippen LogP contribution in [0.25, 0.3) is 0 Å². The van der Waals surface area contributed by atoms with Gasteiger partial charge in [-0.25, -0.2) is 8.42 Å². The Morgan fingerprint density at radius 3 is 2.53 bits per heavy atom. The van der Waals surface area contributed by atoms with Crippen LogP contribution < -0.4 is 4.72 Å². The van der Waals surface area contributed by atoms with Crippen molar-refractivity contribution in [3.8, 4) is 6.07 Å². The third kappa shape index (κ3) is 2.74. The molecule has 0 bridgehead atoms. The van der Waals surface area contributed by atoms with Crippen molar-refractivity contribution in [1.82, 2.24) is 9.78 Å². The zero-order valence-corrected chi connectivity index (χ0v) is 11.3. The van der Waals surface area contributed by atoms with Gasteiger partial charge < -0.3 is 0 Å². The Hall–Kier alpha value is -2.33. The average Bonchev–Trinajstić information content (AvgIpc) is 2.69. The lowest BCUT2D eigenvalue weighted by Crippen LogP contribution is -2.14. The van der Waals surface area contributed by atoms with E-state index in [1.54, 1.807) is 19.2 Å². The van der Waals surface area contributed by atoms with E-state index in [-0.39, 0.29) is 16.3 Å². The Labute approximate surface area is 111 Å². The van der Waals surface area contributed by atoms with Crippen molar-refractivity contribution in [2.24, 2.45) is 7.05 Å². The maximum atomic E-state index is 12.1. The second-order valence-electron chi connectivity index (χ2n) is 4.10. The van der Waals surface area contributed by atoms with Crippen molar-refractivity contribution in [1.29, 1.82) is 5.26 Å². The van der Waals surface area contributed by atoms with E-state index >= 15 is 0 Å². The van der Waals surface area contributed by atoms with Crippen LogP contribution in [0.5, 0.6) is 0 Å². The fourth-order valence-corrected chi connectivity index (χ4v) is 2.57. The van der Waals surface area contributed by atoms with Crippen molar-refractivity contribution >= 4 is 15.8 Å². The van der Waals surface area contributed by atoms with Gasteiger partial charge in [0.05, 0.1) is 4.90 Å². The second kappa shape index (κ2) is 4.74. The van der Waals surface area contributed by atoms with Gasteiger partial charge in [-0.1, -0.05) is 17.7 Å². The molecule has 0 saturated carbocycles. The molecule has 2 rings (SSSR count). The lowest BCUT2D eigenvalue weighted by atomic mass is 10.2. The van der Waals surface area contributed by atoms with Crippen LogP contribution in [0.4, 0.5) is 5.82 Å². The molecule has 7 heteroatoms. The molecule has 0 aliphatic rings. The van der Waals surface area contributed by atoms with Crippen LogP contribution in [0.15, 0.2) is 35.4 Å². The van der Waals surface area contributed by atoms with Crippen molar-refractivity contribution in [3.05, 3.63) is 41.6 Å². The Bertz CT molecular complexity index is 739. The molecule has 0 atom stereocenters. The molecule has 6 nitrogen and oxygen atoms in total. The van der Waals surface area contributed by atoms with Gasteiger partial charge in [-0.15, -0.1) is 0 Å². The molecule has 0 radical (unpaired) electrons. The van der Waals surface area contributed by atoms with E-state index in [0.717, 1.165) is 5.56 Å².